The molecule has 19 heavy (non-hydrogen) atoms. The molecule has 1 saturated heterocycles. The van der Waals surface area contributed by atoms with E-state index in [0.717, 1.165) is 13.1 Å². The number of hydrogen-bond acceptors (Lipinski definition) is 3. The predicted octanol–water partition coefficient (Wildman–Crippen LogP) is 2.38. The van der Waals surface area contributed by atoms with Crippen LogP contribution in [0.5, 0.6) is 5.75 Å². The summed E-state index contributed by atoms with van der Waals surface area (Å²) in [4.78, 5) is 16.0. The van der Waals surface area contributed by atoms with Crippen LogP contribution in [0, 0.1) is 0 Å². The zero-order valence-corrected chi connectivity index (χ0v) is 11.3. The number of nitrogens with zero attached hydrogens (tertiary/aromatic N) is 2. The second kappa shape index (κ2) is 6.38. The molecule has 102 valence electrons. The van der Waals surface area contributed by atoms with Crippen LogP contribution in [-0.2, 0) is 0 Å². The molecule has 1 atom stereocenters. The Morgan fingerprint density at radius 3 is 2.47 bits per heavy atom. The highest BCUT2D eigenvalue weighted by atomic mass is 16.6. The van der Waals surface area contributed by atoms with E-state index < -0.39 is 0 Å². The lowest BCUT2D eigenvalue weighted by molar-refractivity contribution is 0.102. The fraction of sp³-hybridized carbons (Fsp3) is 0.400. The van der Waals surface area contributed by atoms with E-state index in [-0.39, 0.29) is 6.09 Å². The van der Waals surface area contributed by atoms with Gasteiger partial charge in [0, 0.05) is 32.2 Å². The van der Waals surface area contributed by atoms with Crippen LogP contribution in [-0.4, -0.2) is 48.1 Å². The number of benzene rings is 1. The summed E-state index contributed by atoms with van der Waals surface area (Å²) >= 11 is 0. The van der Waals surface area contributed by atoms with E-state index in [4.69, 9.17) is 4.74 Å². The molecule has 0 radical (unpaired) electrons. The van der Waals surface area contributed by atoms with E-state index in [1.807, 2.05) is 24.3 Å². The maximum atomic E-state index is 12.0. The van der Waals surface area contributed by atoms with Gasteiger partial charge in [0.15, 0.2) is 0 Å². The van der Waals surface area contributed by atoms with Crippen molar-refractivity contribution in [1.29, 1.82) is 0 Å². The molecule has 1 fully saturated rings. The van der Waals surface area contributed by atoms with Gasteiger partial charge in [-0.25, -0.2) is 4.79 Å². The third kappa shape index (κ3) is 3.58. The van der Waals surface area contributed by atoms with E-state index >= 15 is 0 Å². The van der Waals surface area contributed by atoms with Gasteiger partial charge in [-0.15, -0.1) is 6.58 Å². The molecule has 4 heteroatoms. The summed E-state index contributed by atoms with van der Waals surface area (Å²) in [7, 11) is 0. The van der Waals surface area contributed by atoms with E-state index in [1.165, 1.54) is 0 Å². The topological polar surface area (TPSA) is 32.8 Å². The van der Waals surface area contributed by atoms with Crippen molar-refractivity contribution in [2.45, 2.75) is 13.0 Å². The minimum absolute atomic E-state index is 0.267. The summed E-state index contributed by atoms with van der Waals surface area (Å²) in [5, 5.41) is 0. The van der Waals surface area contributed by atoms with Gasteiger partial charge in [-0.3, -0.25) is 4.90 Å². The first-order valence-electron chi connectivity index (χ1n) is 6.59. The maximum absolute atomic E-state index is 12.0. The molecule has 0 bridgehead atoms. The molecule has 1 aliphatic heterocycles. The van der Waals surface area contributed by atoms with Crippen LogP contribution >= 0.6 is 0 Å². The molecule has 0 saturated carbocycles. The number of piperazine rings is 1. The summed E-state index contributed by atoms with van der Waals surface area (Å²) in [6.45, 7) is 9.03. The van der Waals surface area contributed by atoms with Gasteiger partial charge in [-0.2, -0.15) is 0 Å². The van der Waals surface area contributed by atoms with Crippen LogP contribution in [0.4, 0.5) is 4.79 Å². The molecule has 0 N–H and O–H groups in total. The van der Waals surface area contributed by atoms with Crippen LogP contribution in [0.25, 0.3) is 0 Å². The number of hydrogen-bond donors (Lipinski definition) is 0. The monoisotopic (exact) mass is 260 g/mol. The van der Waals surface area contributed by atoms with Gasteiger partial charge >= 0.3 is 6.09 Å². The first-order valence-corrected chi connectivity index (χ1v) is 6.59. The third-order valence-corrected chi connectivity index (χ3v) is 3.44. The number of rotatable bonds is 3. The van der Waals surface area contributed by atoms with Gasteiger partial charge in [-0.1, -0.05) is 24.3 Å². The van der Waals surface area contributed by atoms with Gasteiger partial charge in [0.1, 0.15) is 5.75 Å². The van der Waals surface area contributed by atoms with Crippen LogP contribution in [0.1, 0.15) is 6.92 Å². The standard InChI is InChI=1S/C15H20N2O2/c1-3-13(2)16-9-11-17(12-10-16)15(18)19-14-7-5-4-6-8-14/h3-8,13H,1,9-12H2,2H3. The quantitative estimate of drug-likeness (QED) is 0.782. The molecule has 1 aromatic rings. The molecule has 2 rings (SSSR count). The predicted molar refractivity (Wildman–Crippen MR) is 75.3 cm³/mol. The largest absolute Gasteiger partial charge is 0.415 e. The van der Waals surface area contributed by atoms with Crippen LogP contribution in [0.3, 0.4) is 0 Å². The van der Waals surface area contributed by atoms with Crippen molar-refractivity contribution in [2.24, 2.45) is 0 Å². The number of para-hydroxylation sites is 1. The van der Waals surface area contributed by atoms with Crippen molar-refractivity contribution < 1.29 is 9.53 Å². The summed E-state index contributed by atoms with van der Waals surface area (Å²) in [6, 6.07) is 9.53. The molecule has 0 aliphatic carbocycles. The van der Waals surface area contributed by atoms with Crippen molar-refractivity contribution in [3.63, 3.8) is 0 Å². The van der Waals surface area contributed by atoms with Gasteiger partial charge in [0.25, 0.3) is 0 Å². The second-order valence-electron chi connectivity index (χ2n) is 4.68. The number of carbonyl (C=O) groups is 1. The highest BCUT2D eigenvalue weighted by Crippen LogP contribution is 2.12. The SMILES string of the molecule is C=CC(C)N1CCN(C(=O)Oc2ccccc2)CC1. The second-order valence-corrected chi connectivity index (χ2v) is 4.68. The molecule has 1 aliphatic rings. The Morgan fingerprint density at radius 2 is 1.89 bits per heavy atom. The van der Waals surface area contributed by atoms with Crippen molar-refractivity contribution in [1.82, 2.24) is 9.80 Å². The van der Waals surface area contributed by atoms with Crippen molar-refractivity contribution in [2.75, 3.05) is 26.2 Å². The minimum Gasteiger partial charge on any atom is -0.410 e. The minimum atomic E-state index is -0.267. The zero-order chi connectivity index (χ0) is 13.7. The number of ether oxygens (including phenoxy) is 1. The smallest absolute Gasteiger partial charge is 0.410 e. The number of amides is 1. The van der Waals surface area contributed by atoms with E-state index in [9.17, 15) is 4.79 Å². The number of carbonyl (C=O) groups excluding carboxylic acids is 1. The normalized spacial score (nSPS) is 17.8. The molecule has 1 heterocycles. The Balaban J connectivity index is 1.84. The lowest BCUT2D eigenvalue weighted by Gasteiger charge is -2.36. The average molecular weight is 260 g/mol. The molecule has 0 spiro atoms. The Bertz CT molecular complexity index is 425. The molecule has 1 aromatic carbocycles. The van der Waals surface area contributed by atoms with Gasteiger partial charge < -0.3 is 9.64 Å². The zero-order valence-electron chi connectivity index (χ0n) is 11.3. The maximum Gasteiger partial charge on any atom is 0.415 e. The van der Waals surface area contributed by atoms with E-state index in [2.05, 4.69) is 18.4 Å². The van der Waals surface area contributed by atoms with Crippen molar-refractivity contribution >= 4 is 6.09 Å². The summed E-state index contributed by atoms with van der Waals surface area (Å²) in [5.74, 6) is 0.592. The molecule has 1 amide bonds. The third-order valence-electron chi connectivity index (χ3n) is 3.44. The van der Waals surface area contributed by atoms with Gasteiger partial charge in [0.2, 0.25) is 0 Å². The summed E-state index contributed by atoms with van der Waals surface area (Å²) in [6.07, 6.45) is 1.66. The molecule has 1 unspecified atom stereocenters. The van der Waals surface area contributed by atoms with E-state index in [0.29, 0.717) is 24.9 Å². The summed E-state index contributed by atoms with van der Waals surface area (Å²) < 4.78 is 5.32. The highest BCUT2D eigenvalue weighted by Gasteiger charge is 2.24. The highest BCUT2D eigenvalue weighted by molar-refractivity contribution is 5.70. The molecular weight excluding hydrogens is 240 g/mol. The van der Waals surface area contributed by atoms with E-state index in [1.54, 1.807) is 17.0 Å². The van der Waals surface area contributed by atoms with Crippen LogP contribution in [0.2, 0.25) is 0 Å². The van der Waals surface area contributed by atoms with Crippen LogP contribution < -0.4 is 4.74 Å². The van der Waals surface area contributed by atoms with Gasteiger partial charge in [-0.05, 0) is 19.1 Å². The van der Waals surface area contributed by atoms with Crippen LogP contribution in [0.15, 0.2) is 43.0 Å². The fourth-order valence-corrected chi connectivity index (χ4v) is 2.11. The Morgan fingerprint density at radius 1 is 1.26 bits per heavy atom. The Hall–Kier alpha value is -1.81. The molecule has 0 aromatic heterocycles. The van der Waals surface area contributed by atoms with Crippen molar-refractivity contribution in [3.05, 3.63) is 43.0 Å². The summed E-state index contributed by atoms with van der Waals surface area (Å²) in [5.41, 5.74) is 0. The lowest BCUT2D eigenvalue weighted by Crippen LogP contribution is -2.51. The lowest BCUT2D eigenvalue weighted by atomic mass is 10.2. The Labute approximate surface area is 114 Å². The Kier molecular flexibility index (Phi) is 4.58. The molecular formula is C15H20N2O2. The molecule has 4 nitrogen and oxygen atoms in total. The van der Waals surface area contributed by atoms with Crippen molar-refractivity contribution in [3.8, 4) is 5.75 Å². The first-order chi connectivity index (χ1) is 9.20. The first kappa shape index (κ1) is 13.6. The van der Waals surface area contributed by atoms with Gasteiger partial charge in [0.05, 0.1) is 0 Å². The fourth-order valence-electron chi connectivity index (χ4n) is 2.11. The average Bonchev–Trinajstić information content (AvgIpc) is 2.47.